The zero-order valence-electron chi connectivity index (χ0n) is 8.49. The highest BCUT2D eigenvalue weighted by Gasteiger charge is 2.64. The number of carbonyl (C=O) groups is 2. The molecule has 1 saturated carbocycles. The van der Waals surface area contributed by atoms with E-state index in [-0.39, 0.29) is 0 Å². The fourth-order valence-corrected chi connectivity index (χ4v) is 1.84. The van der Waals surface area contributed by atoms with Crippen molar-refractivity contribution in [2.45, 2.75) is 24.1 Å². The molecule has 0 heterocycles. The topological polar surface area (TPSA) is 52.6 Å². The Morgan fingerprint density at radius 3 is 2.87 bits per heavy atom. The average molecular weight is 277 g/mol. The van der Waals surface area contributed by atoms with Gasteiger partial charge in [0.2, 0.25) is 0 Å². The molecular weight excluding hydrogens is 264 g/mol. The smallest absolute Gasteiger partial charge is 0.323 e. The van der Waals surface area contributed by atoms with Gasteiger partial charge in [-0.05, 0) is 12.8 Å². The number of esters is 2. The highest BCUT2D eigenvalue weighted by Crippen LogP contribution is 2.52. The van der Waals surface area contributed by atoms with E-state index in [4.69, 9.17) is 4.74 Å². The summed E-state index contributed by atoms with van der Waals surface area (Å²) in [5.74, 6) is -1.30. The van der Waals surface area contributed by atoms with Crippen LogP contribution in [0.5, 0.6) is 0 Å². The van der Waals surface area contributed by atoms with Crippen LogP contribution in [0.3, 0.4) is 0 Å². The molecule has 2 unspecified atom stereocenters. The molecule has 0 aromatic heterocycles. The predicted molar refractivity (Wildman–Crippen MR) is 57.3 cm³/mol. The minimum atomic E-state index is -0.873. The molecule has 2 atom stereocenters. The Balaban J connectivity index is 2.47. The zero-order chi connectivity index (χ0) is 11.5. The molecule has 1 aliphatic rings. The number of alkyl halides is 1. The summed E-state index contributed by atoms with van der Waals surface area (Å²) < 4.78 is 8.69. The van der Waals surface area contributed by atoms with Crippen molar-refractivity contribution in [3.05, 3.63) is 12.8 Å². The molecule has 0 aliphatic heterocycles. The van der Waals surface area contributed by atoms with Crippen LogP contribution < -0.4 is 0 Å². The lowest BCUT2D eigenvalue weighted by Crippen LogP contribution is -2.24. The van der Waals surface area contributed by atoms with E-state index in [0.717, 1.165) is 12.7 Å². The van der Waals surface area contributed by atoms with Gasteiger partial charge in [0.15, 0.2) is 0 Å². The molecular formula is C10H13BrO4. The van der Waals surface area contributed by atoms with Gasteiger partial charge in [0, 0.05) is 0 Å². The largest absolute Gasteiger partial charge is 0.465 e. The number of halogens is 1. The average Bonchev–Trinajstić information content (AvgIpc) is 2.89. The Kier molecular flexibility index (Phi) is 3.90. The van der Waals surface area contributed by atoms with Crippen LogP contribution in [0.4, 0.5) is 0 Å². The number of rotatable bonds is 5. The van der Waals surface area contributed by atoms with E-state index in [9.17, 15) is 9.59 Å². The van der Waals surface area contributed by atoms with Crippen LogP contribution in [0.25, 0.3) is 0 Å². The van der Waals surface area contributed by atoms with Gasteiger partial charge in [-0.1, -0.05) is 29.4 Å². The minimum absolute atomic E-state index is 0.370. The first-order valence-electron chi connectivity index (χ1n) is 4.73. The lowest BCUT2D eigenvalue weighted by atomic mass is 10.3. The Morgan fingerprint density at radius 2 is 2.33 bits per heavy atom. The SMILES string of the molecule is C=COC(=O)C1CC1(Br)C(=O)OCCC. The molecule has 15 heavy (non-hydrogen) atoms. The van der Waals surface area contributed by atoms with Crippen LogP contribution in [0.2, 0.25) is 0 Å². The van der Waals surface area contributed by atoms with E-state index in [0.29, 0.717) is 13.0 Å². The molecule has 0 aromatic rings. The fourth-order valence-electron chi connectivity index (χ4n) is 1.21. The molecule has 0 bridgehead atoms. The van der Waals surface area contributed by atoms with Crippen LogP contribution in [-0.4, -0.2) is 22.9 Å². The van der Waals surface area contributed by atoms with Crippen molar-refractivity contribution < 1.29 is 19.1 Å². The van der Waals surface area contributed by atoms with Crippen molar-refractivity contribution in [3.63, 3.8) is 0 Å². The first-order valence-corrected chi connectivity index (χ1v) is 5.53. The van der Waals surface area contributed by atoms with Crippen LogP contribution in [0.15, 0.2) is 12.8 Å². The molecule has 0 amide bonds. The first kappa shape index (κ1) is 12.2. The van der Waals surface area contributed by atoms with Gasteiger partial charge < -0.3 is 9.47 Å². The van der Waals surface area contributed by atoms with E-state index >= 15 is 0 Å². The van der Waals surface area contributed by atoms with E-state index in [1.165, 1.54) is 0 Å². The molecule has 1 rings (SSSR count). The molecule has 0 saturated heterocycles. The van der Waals surface area contributed by atoms with Crippen LogP contribution in [-0.2, 0) is 19.1 Å². The van der Waals surface area contributed by atoms with Gasteiger partial charge in [0.05, 0.1) is 18.8 Å². The van der Waals surface area contributed by atoms with E-state index in [2.05, 4.69) is 27.2 Å². The normalized spacial score (nSPS) is 28.0. The Morgan fingerprint density at radius 1 is 1.67 bits per heavy atom. The molecule has 5 heteroatoms. The minimum Gasteiger partial charge on any atom is -0.465 e. The monoisotopic (exact) mass is 276 g/mol. The van der Waals surface area contributed by atoms with Crippen molar-refractivity contribution >= 4 is 27.9 Å². The molecule has 1 fully saturated rings. The maximum absolute atomic E-state index is 11.5. The fraction of sp³-hybridized carbons (Fsp3) is 0.600. The van der Waals surface area contributed by atoms with E-state index in [1.807, 2.05) is 6.92 Å². The van der Waals surface area contributed by atoms with Gasteiger partial charge in [-0.15, -0.1) is 0 Å². The van der Waals surface area contributed by atoms with E-state index in [1.54, 1.807) is 0 Å². The Hall–Kier alpha value is -0.840. The van der Waals surface area contributed by atoms with Crippen LogP contribution in [0.1, 0.15) is 19.8 Å². The highest BCUT2D eigenvalue weighted by atomic mass is 79.9. The quantitative estimate of drug-likeness (QED) is 0.436. The van der Waals surface area contributed by atoms with Crippen molar-refractivity contribution in [1.29, 1.82) is 0 Å². The summed E-state index contributed by atoms with van der Waals surface area (Å²) in [6, 6.07) is 0. The van der Waals surface area contributed by atoms with Crippen LogP contribution in [0, 0.1) is 5.92 Å². The number of carbonyl (C=O) groups excluding carboxylic acids is 2. The standard InChI is InChI=1S/C10H13BrO4/c1-3-5-15-9(13)10(11)6-7(10)8(12)14-4-2/h4,7H,2-3,5-6H2,1H3. The first-order chi connectivity index (χ1) is 7.06. The highest BCUT2D eigenvalue weighted by molar-refractivity contribution is 9.10. The number of hydrogen-bond donors (Lipinski definition) is 0. The van der Waals surface area contributed by atoms with Crippen molar-refractivity contribution in [2.24, 2.45) is 5.92 Å². The lowest BCUT2D eigenvalue weighted by molar-refractivity contribution is -0.147. The molecule has 84 valence electrons. The maximum Gasteiger partial charge on any atom is 0.323 e. The third kappa shape index (κ3) is 2.59. The zero-order valence-corrected chi connectivity index (χ0v) is 10.1. The van der Waals surface area contributed by atoms with Crippen molar-refractivity contribution in [1.82, 2.24) is 0 Å². The second kappa shape index (κ2) is 4.79. The van der Waals surface area contributed by atoms with Gasteiger partial charge in [-0.2, -0.15) is 0 Å². The van der Waals surface area contributed by atoms with Gasteiger partial charge in [0.1, 0.15) is 4.32 Å². The summed E-state index contributed by atoms with van der Waals surface area (Å²) in [6.45, 7) is 5.56. The summed E-state index contributed by atoms with van der Waals surface area (Å²) in [5.41, 5.74) is 0. The molecule has 0 radical (unpaired) electrons. The van der Waals surface area contributed by atoms with Crippen molar-refractivity contribution in [3.8, 4) is 0 Å². The third-order valence-corrected chi connectivity index (χ3v) is 3.35. The van der Waals surface area contributed by atoms with E-state index < -0.39 is 22.2 Å². The van der Waals surface area contributed by atoms with Gasteiger partial charge in [0.25, 0.3) is 0 Å². The van der Waals surface area contributed by atoms with Crippen LogP contribution >= 0.6 is 15.9 Å². The summed E-state index contributed by atoms with van der Waals surface area (Å²) in [4.78, 5) is 22.8. The summed E-state index contributed by atoms with van der Waals surface area (Å²) in [6.07, 6.45) is 2.24. The number of ether oxygens (including phenoxy) is 2. The van der Waals surface area contributed by atoms with Gasteiger partial charge in [-0.3, -0.25) is 9.59 Å². The maximum atomic E-state index is 11.5. The third-order valence-electron chi connectivity index (χ3n) is 2.15. The van der Waals surface area contributed by atoms with Crippen molar-refractivity contribution in [2.75, 3.05) is 6.61 Å². The predicted octanol–water partition coefficient (Wildman–Crippen LogP) is 1.78. The Labute approximate surface area is 96.7 Å². The second-order valence-corrected chi connectivity index (χ2v) is 4.77. The molecule has 0 spiro atoms. The van der Waals surface area contributed by atoms with Gasteiger partial charge in [-0.25, -0.2) is 0 Å². The lowest BCUT2D eigenvalue weighted by Gasteiger charge is -2.08. The van der Waals surface area contributed by atoms with Gasteiger partial charge >= 0.3 is 11.9 Å². The molecule has 4 nitrogen and oxygen atoms in total. The molecule has 0 aromatic carbocycles. The Bertz CT molecular complexity index is 289. The number of hydrogen-bond acceptors (Lipinski definition) is 4. The summed E-state index contributed by atoms with van der Waals surface area (Å²) in [5, 5.41) is 0. The molecule has 0 N–H and O–H groups in total. The summed E-state index contributed by atoms with van der Waals surface area (Å²) >= 11 is 3.21. The summed E-state index contributed by atoms with van der Waals surface area (Å²) in [7, 11) is 0. The molecule has 1 aliphatic carbocycles. The second-order valence-electron chi connectivity index (χ2n) is 3.36.